The summed E-state index contributed by atoms with van der Waals surface area (Å²) in [6, 6.07) is 5.43. The molecule has 1 fully saturated rings. The maximum atomic E-state index is 13.4. The van der Waals surface area contributed by atoms with E-state index in [4.69, 9.17) is 4.74 Å². The van der Waals surface area contributed by atoms with Crippen molar-refractivity contribution in [2.24, 2.45) is 11.8 Å². The summed E-state index contributed by atoms with van der Waals surface area (Å²) in [5, 5.41) is 7.67. The van der Waals surface area contributed by atoms with E-state index in [9.17, 15) is 9.59 Å². The predicted octanol–water partition coefficient (Wildman–Crippen LogP) is 2.96. The fourth-order valence-corrected chi connectivity index (χ4v) is 4.80. The van der Waals surface area contributed by atoms with E-state index in [1.54, 1.807) is 25.4 Å². The zero-order valence-corrected chi connectivity index (χ0v) is 18.4. The van der Waals surface area contributed by atoms with Crippen molar-refractivity contribution in [1.29, 1.82) is 0 Å². The number of hydrogen-bond acceptors (Lipinski definition) is 6. The highest BCUT2D eigenvalue weighted by Crippen LogP contribution is 2.37. The first-order valence-corrected chi connectivity index (χ1v) is 11.0. The number of nitrogens with zero attached hydrogens (tertiary/aromatic N) is 5. The summed E-state index contributed by atoms with van der Waals surface area (Å²) in [4.78, 5) is 35.5. The summed E-state index contributed by atoms with van der Waals surface area (Å²) < 4.78 is 8.23. The van der Waals surface area contributed by atoms with Crippen molar-refractivity contribution in [3.8, 4) is 5.95 Å². The zero-order valence-electron chi connectivity index (χ0n) is 18.4. The van der Waals surface area contributed by atoms with Gasteiger partial charge in [-0.3, -0.25) is 14.7 Å². The van der Waals surface area contributed by atoms with E-state index in [2.05, 4.69) is 34.0 Å². The van der Waals surface area contributed by atoms with Crippen LogP contribution in [0.5, 0.6) is 0 Å². The number of aromatic nitrogens is 6. The van der Waals surface area contributed by atoms with E-state index in [1.165, 1.54) is 11.0 Å². The summed E-state index contributed by atoms with van der Waals surface area (Å²) in [7, 11) is 1.56. The van der Waals surface area contributed by atoms with Crippen LogP contribution in [0, 0.1) is 11.8 Å². The molecule has 4 heterocycles. The maximum absolute atomic E-state index is 13.4. The van der Waals surface area contributed by atoms with E-state index < -0.39 is 0 Å². The summed E-state index contributed by atoms with van der Waals surface area (Å²) >= 11 is 0. The summed E-state index contributed by atoms with van der Waals surface area (Å²) in [5.74, 6) is 1.73. The molecule has 0 amide bonds. The zero-order chi connectivity index (χ0) is 22.4. The minimum absolute atomic E-state index is 0.0991. The van der Waals surface area contributed by atoms with Gasteiger partial charge >= 0.3 is 0 Å². The monoisotopic (exact) mass is 434 g/mol. The van der Waals surface area contributed by atoms with Gasteiger partial charge in [-0.25, -0.2) is 9.55 Å². The van der Waals surface area contributed by atoms with Crippen LogP contribution in [0.1, 0.15) is 45.0 Å². The summed E-state index contributed by atoms with van der Waals surface area (Å²) in [5.41, 5.74) is 0.697. The van der Waals surface area contributed by atoms with Crippen molar-refractivity contribution < 1.29 is 4.74 Å². The van der Waals surface area contributed by atoms with Crippen LogP contribution in [0.3, 0.4) is 0 Å². The standard InChI is InChI=1S/C23H26N6O3/c1-13-5-4-6-19(14(13)2)28-9-7-17-15(21(28)30)11-16-18(24-17)8-10-29(22(16)31)23-25-20(12-32-3)26-27-23/h7-11,13-14,19H,4-6,12H2,1-3H3,(H,25,26,27)/t13-,14-,19-/m1/s1. The van der Waals surface area contributed by atoms with Gasteiger partial charge in [0.05, 0.1) is 21.8 Å². The molecular formula is C23H26N6O3. The number of ether oxygens (including phenoxy) is 1. The van der Waals surface area contributed by atoms with Gasteiger partial charge in [0.25, 0.3) is 17.1 Å². The van der Waals surface area contributed by atoms with Crippen LogP contribution in [0.4, 0.5) is 0 Å². The highest BCUT2D eigenvalue weighted by molar-refractivity contribution is 5.91. The fourth-order valence-electron chi connectivity index (χ4n) is 4.80. The lowest BCUT2D eigenvalue weighted by Gasteiger charge is -2.35. The minimum Gasteiger partial charge on any atom is -0.377 e. The number of aromatic amines is 1. The average Bonchev–Trinajstić information content (AvgIpc) is 3.24. The summed E-state index contributed by atoms with van der Waals surface area (Å²) in [6.45, 7) is 4.73. The first-order valence-electron chi connectivity index (χ1n) is 11.0. The van der Waals surface area contributed by atoms with Crippen molar-refractivity contribution in [3.63, 3.8) is 0 Å². The van der Waals surface area contributed by atoms with Gasteiger partial charge < -0.3 is 9.30 Å². The van der Waals surface area contributed by atoms with E-state index >= 15 is 0 Å². The van der Waals surface area contributed by atoms with Gasteiger partial charge in [-0.1, -0.05) is 26.7 Å². The molecule has 1 aliphatic carbocycles. The number of hydrogen-bond donors (Lipinski definition) is 1. The molecule has 1 saturated carbocycles. The molecule has 166 valence electrons. The van der Waals surface area contributed by atoms with E-state index in [-0.39, 0.29) is 29.7 Å². The molecule has 32 heavy (non-hydrogen) atoms. The van der Waals surface area contributed by atoms with Gasteiger partial charge in [0.1, 0.15) is 6.61 Å². The van der Waals surface area contributed by atoms with Crippen LogP contribution in [-0.2, 0) is 11.3 Å². The Morgan fingerprint density at radius 2 is 1.81 bits per heavy atom. The van der Waals surface area contributed by atoms with E-state index in [0.717, 1.165) is 12.8 Å². The van der Waals surface area contributed by atoms with Gasteiger partial charge in [-0.2, -0.15) is 4.98 Å². The van der Waals surface area contributed by atoms with Crippen molar-refractivity contribution in [1.82, 2.24) is 29.3 Å². The Hall–Kier alpha value is -3.33. The minimum atomic E-state index is -0.325. The largest absolute Gasteiger partial charge is 0.377 e. The molecule has 0 spiro atoms. The van der Waals surface area contributed by atoms with Crippen molar-refractivity contribution in [3.05, 3.63) is 57.1 Å². The average molecular weight is 435 g/mol. The first-order chi connectivity index (χ1) is 15.5. The third-order valence-corrected chi connectivity index (χ3v) is 6.81. The third-order valence-electron chi connectivity index (χ3n) is 6.81. The van der Waals surface area contributed by atoms with E-state index in [1.807, 2.05) is 16.8 Å². The highest BCUT2D eigenvalue weighted by atomic mass is 16.5. The Morgan fingerprint density at radius 1 is 1.06 bits per heavy atom. The number of nitrogens with one attached hydrogen (secondary N) is 1. The molecule has 4 aromatic rings. The molecule has 1 aliphatic rings. The smallest absolute Gasteiger partial charge is 0.267 e. The van der Waals surface area contributed by atoms with Gasteiger partial charge in [-0.15, -0.1) is 5.10 Å². The van der Waals surface area contributed by atoms with Crippen LogP contribution < -0.4 is 11.1 Å². The third kappa shape index (κ3) is 3.33. The molecule has 5 rings (SSSR count). The Morgan fingerprint density at radius 3 is 2.59 bits per heavy atom. The Balaban J connectivity index is 1.65. The van der Waals surface area contributed by atoms with Gasteiger partial charge in [-0.05, 0) is 36.5 Å². The SMILES string of the molecule is COCc1nc(-n2ccc3nc4ccn([C@@H]5CCC[C@@H](C)[C@H]5C)c(=O)c4cc3c2=O)n[nH]1. The summed E-state index contributed by atoms with van der Waals surface area (Å²) in [6.07, 6.45) is 6.74. The maximum Gasteiger partial charge on any atom is 0.267 e. The Bertz CT molecular complexity index is 1420. The Labute approximate surface area is 184 Å². The molecule has 0 unspecified atom stereocenters. The fraction of sp³-hybridized carbons (Fsp3) is 0.435. The van der Waals surface area contributed by atoms with Crippen LogP contribution in [0.15, 0.2) is 40.2 Å². The molecule has 4 aromatic heterocycles. The molecule has 0 aliphatic heterocycles. The van der Waals surface area contributed by atoms with Gasteiger partial charge in [0.15, 0.2) is 5.82 Å². The lowest BCUT2D eigenvalue weighted by atomic mass is 9.78. The molecule has 1 N–H and O–H groups in total. The lowest BCUT2D eigenvalue weighted by molar-refractivity contribution is 0.178. The molecule has 9 nitrogen and oxygen atoms in total. The molecule has 0 radical (unpaired) electrons. The topological polar surface area (TPSA) is 108 Å². The number of pyridine rings is 3. The highest BCUT2D eigenvalue weighted by Gasteiger charge is 2.29. The van der Waals surface area contributed by atoms with Crippen LogP contribution in [0.25, 0.3) is 27.8 Å². The second kappa shape index (κ2) is 7.98. The molecule has 0 aromatic carbocycles. The number of methoxy groups -OCH3 is 1. The molecular weight excluding hydrogens is 408 g/mol. The second-order valence-electron chi connectivity index (χ2n) is 8.72. The molecule has 0 saturated heterocycles. The van der Waals surface area contributed by atoms with Crippen LogP contribution >= 0.6 is 0 Å². The Kier molecular flexibility index (Phi) is 5.13. The number of fused-ring (bicyclic) bond motifs is 2. The quantitative estimate of drug-likeness (QED) is 0.495. The molecule has 0 bridgehead atoms. The van der Waals surface area contributed by atoms with Gasteiger partial charge in [0, 0.05) is 25.5 Å². The van der Waals surface area contributed by atoms with Crippen LogP contribution in [-0.4, -0.2) is 36.4 Å². The van der Waals surface area contributed by atoms with Crippen molar-refractivity contribution in [2.45, 2.75) is 45.8 Å². The van der Waals surface area contributed by atoms with Crippen LogP contribution in [0.2, 0.25) is 0 Å². The predicted molar refractivity (Wildman–Crippen MR) is 121 cm³/mol. The number of rotatable bonds is 4. The van der Waals surface area contributed by atoms with Crippen molar-refractivity contribution in [2.75, 3.05) is 7.11 Å². The first kappa shape index (κ1) is 20.6. The van der Waals surface area contributed by atoms with Crippen molar-refractivity contribution >= 4 is 21.8 Å². The lowest BCUT2D eigenvalue weighted by Crippen LogP contribution is -2.33. The molecule has 9 heteroatoms. The van der Waals surface area contributed by atoms with E-state index in [0.29, 0.717) is 39.5 Å². The number of H-pyrrole nitrogens is 1. The second-order valence-corrected chi connectivity index (χ2v) is 8.72. The molecule has 3 atom stereocenters. The van der Waals surface area contributed by atoms with Gasteiger partial charge in [0.2, 0.25) is 0 Å². The normalized spacial score (nSPS) is 21.4.